The second-order valence-corrected chi connectivity index (χ2v) is 3.46. The number of nitrogens with one attached hydrogen (secondary N) is 2. The number of hydrogen-bond donors (Lipinski definition) is 3. The smallest absolute Gasteiger partial charge is 0.310 e. The highest BCUT2D eigenvalue weighted by Gasteiger charge is 2.18. The largest absolute Gasteiger partial charge is 0.394 e. The van der Waals surface area contributed by atoms with Gasteiger partial charge < -0.3 is 15.7 Å². The molecule has 0 saturated heterocycles. The molecule has 0 fully saturated rings. The molecule has 6 nitrogen and oxygen atoms in total. The van der Waals surface area contributed by atoms with Crippen LogP contribution in [0.5, 0.6) is 0 Å². The Labute approximate surface area is 104 Å². The predicted molar refractivity (Wildman–Crippen MR) is 63.0 cm³/mol. The second-order valence-electron chi connectivity index (χ2n) is 3.46. The molecule has 1 unspecified atom stereocenters. The number of carbonyl (C=O) groups is 2. The van der Waals surface area contributed by atoms with Gasteiger partial charge in [0.15, 0.2) is 0 Å². The highest BCUT2D eigenvalue weighted by Crippen LogP contribution is 2.10. The maximum atomic E-state index is 11.4. The molecule has 94 valence electrons. The van der Waals surface area contributed by atoms with Gasteiger partial charge in [-0.2, -0.15) is 5.26 Å². The number of carbonyl (C=O) groups excluding carboxylic acids is 2. The molecule has 0 aromatic heterocycles. The van der Waals surface area contributed by atoms with E-state index in [-0.39, 0.29) is 13.2 Å². The standard InChI is InChI=1S/C12H13N3O3/c13-6-7-14-11(17)12(18)15-10(8-16)9-4-2-1-3-5-9/h1-5,10,16H,7-8H2,(H,14,17)(H,15,18). The summed E-state index contributed by atoms with van der Waals surface area (Å²) in [5.41, 5.74) is 0.696. The summed E-state index contributed by atoms with van der Waals surface area (Å²) in [6.07, 6.45) is 0. The number of nitrogens with zero attached hydrogens (tertiary/aromatic N) is 1. The number of aliphatic hydroxyl groups is 1. The Balaban J connectivity index is 2.62. The fourth-order valence-electron chi connectivity index (χ4n) is 1.34. The van der Waals surface area contributed by atoms with Gasteiger partial charge in [0.05, 0.1) is 18.7 Å². The summed E-state index contributed by atoms with van der Waals surface area (Å²) in [7, 11) is 0. The minimum Gasteiger partial charge on any atom is -0.394 e. The molecule has 0 bridgehead atoms. The molecule has 2 amide bonds. The highest BCUT2D eigenvalue weighted by molar-refractivity contribution is 6.35. The minimum atomic E-state index is -0.897. The normalized spacial score (nSPS) is 11.1. The summed E-state index contributed by atoms with van der Waals surface area (Å²) in [5, 5.41) is 22.0. The van der Waals surface area contributed by atoms with Crippen LogP contribution in [-0.2, 0) is 9.59 Å². The Kier molecular flexibility index (Phi) is 5.35. The Bertz CT molecular complexity index is 453. The van der Waals surface area contributed by atoms with Crippen molar-refractivity contribution in [3.05, 3.63) is 35.9 Å². The summed E-state index contributed by atoms with van der Waals surface area (Å²) < 4.78 is 0. The average Bonchev–Trinajstić information content (AvgIpc) is 2.42. The lowest BCUT2D eigenvalue weighted by Gasteiger charge is -2.15. The van der Waals surface area contributed by atoms with Crippen LogP contribution >= 0.6 is 0 Å². The molecular weight excluding hydrogens is 234 g/mol. The zero-order valence-corrected chi connectivity index (χ0v) is 9.59. The summed E-state index contributed by atoms with van der Waals surface area (Å²) in [4.78, 5) is 22.7. The van der Waals surface area contributed by atoms with Gasteiger partial charge in [-0.3, -0.25) is 9.59 Å². The molecule has 18 heavy (non-hydrogen) atoms. The van der Waals surface area contributed by atoms with Crippen LogP contribution in [0.4, 0.5) is 0 Å². The lowest BCUT2D eigenvalue weighted by molar-refractivity contribution is -0.139. The van der Waals surface area contributed by atoms with E-state index in [1.165, 1.54) is 0 Å². The van der Waals surface area contributed by atoms with Crippen molar-refractivity contribution in [1.29, 1.82) is 5.26 Å². The third-order valence-electron chi connectivity index (χ3n) is 2.22. The zero-order valence-electron chi connectivity index (χ0n) is 9.59. The van der Waals surface area contributed by atoms with Gasteiger partial charge in [0.1, 0.15) is 6.54 Å². The van der Waals surface area contributed by atoms with Crippen LogP contribution in [-0.4, -0.2) is 30.1 Å². The van der Waals surface area contributed by atoms with Crippen LogP contribution in [0.3, 0.4) is 0 Å². The molecule has 6 heteroatoms. The number of aliphatic hydroxyl groups excluding tert-OH is 1. The molecule has 1 atom stereocenters. The molecule has 0 spiro atoms. The van der Waals surface area contributed by atoms with Crippen molar-refractivity contribution in [1.82, 2.24) is 10.6 Å². The summed E-state index contributed by atoms with van der Waals surface area (Å²) in [6, 6.07) is 9.84. The fraction of sp³-hybridized carbons (Fsp3) is 0.250. The van der Waals surface area contributed by atoms with Crippen molar-refractivity contribution >= 4 is 11.8 Å². The number of rotatable bonds is 4. The van der Waals surface area contributed by atoms with Crippen molar-refractivity contribution in [3.8, 4) is 6.07 Å². The molecule has 1 aromatic carbocycles. The van der Waals surface area contributed by atoms with E-state index in [4.69, 9.17) is 5.26 Å². The third kappa shape index (κ3) is 3.88. The van der Waals surface area contributed by atoms with Gasteiger partial charge in [0.2, 0.25) is 0 Å². The molecule has 1 rings (SSSR count). The molecule has 0 aliphatic rings. The summed E-state index contributed by atoms with van der Waals surface area (Å²) >= 11 is 0. The summed E-state index contributed by atoms with van der Waals surface area (Å²) in [5.74, 6) is -1.78. The Morgan fingerprint density at radius 3 is 2.50 bits per heavy atom. The van der Waals surface area contributed by atoms with Gasteiger partial charge in [-0.15, -0.1) is 0 Å². The van der Waals surface area contributed by atoms with E-state index in [9.17, 15) is 14.7 Å². The Hall–Kier alpha value is -2.39. The number of hydrogen-bond acceptors (Lipinski definition) is 4. The van der Waals surface area contributed by atoms with Crippen molar-refractivity contribution < 1.29 is 14.7 Å². The Morgan fingerprint density at radius 1 is 1.28 bits per heavy atom. The van der Waals surface area contributed by atoms with Crippen LogP contribution in [0, 0.1) is 11.3 Å². The maximum absolute atomic E-state index is 11.4. The molecule has 0 aliphatic carbocycles. The number of nitriles is 1. The van der Waals surface area contributed by atoms with Gasteiger partial charge in [-0.25, -0.2) is 0 Å². The van der Waals surface area contributed by atoms with E-state index >= 15 is 0 Å². The first-order valence-electron chi connectivity index (χ1n) is 5.30. The van der Waals surface area contributed by atoms with Crippen LogP contribution in [0.1, 0.15) is 11.6 Å². The predicted octanol–water partition coefficient (Wildman–Crippen LogP) is -0.524. The van der Waals surface area contributed by atoms with Crippen LogP contribution in [0.25, 0.3) is 0 Å². The van der Waals surface area contributed by atoms with E-state index in [1.807, 2.05) is 0 Å². The van der Waals surface area contributed by atoms with E-state index < -0.39 is 17.9 Å². The molecule has 3 N–H and O–H groups in total. The zero-order chi connectivity index (χ0) is 13.4. The molecule has 0 saturated carbocycles. The maximum Gasteiger partial charge on any atom is 0.310 e. The van der Waals surface area contributed by atoms with E-state index in [0.717, 1.165) is 0 Å². The molecule has 0 radical (unpaired) electrons. The number of amides is 2. The first kappa shape index (κ1) is 13.7. The van der Waals surface area contributed by atoms with Crippen molar-refractivity contribution in [2.24, 2.45) is 0 Å². The molecule has 0 aliphatic heterocycles. The lowest BCUT2D eigenvalue weighted by atomic mass is 10.1. The lowest BCUT2D eigenvalue weighted by Crippen LogP contribution is -2.42. The molecular formula is C12H13N3O3. The molecule has 1 aromatic rings. The van der Waals surface area contributed by atoms with Crippen LogP contribution in [0.2, 0.25) is 0 Å². The van der Waals surface area contributed by atoms with Gasteiger partial charge in [0, 0.05) is 0 Å². The van der Waals surface area contributed by atoms with E-state index in [1.54, 1.807) is 36.4 Å². The summed E-state index contributed by atoms with van der Waals surface area (Å²) in [6.45, 7) is -0.553. The molecule has 0 heterocycles. The van der Waals surface area contributed by atoms with Crippen LogP contribution < -0.4 is 10.6 Å². The Morgan fingerprint density at radius 2 is 1.94 bits per heavy atom. The SMILES string of the molecule is N#CCNC(=O)C(=O)NC(CO)c1ccccc1. The van der Waals surface area contributed by atoms with Gasteiger partial charge in [-0.05, 0) is 5.56 Å². The quantitative estimate of drug-likeness (QED) is 0.492. The number of benzene rings is 1. The third-order valence-corrected chi connectivity index (χ3v) is 2.22. The van der Waals surface area contributed by atoms with Crippen LogP contribution in [0.15, 0.2) is 30.3 Å². The monoisotopic (exact) mass is 247 g/mol. The van der Waals surface area contributed by atoms with Crippen molar-refractivity contribution in [3.63, 3.8) is 0 Å². The first-order valence-corrected chi connectivity index (χ1v) is 5.30. The first-order chi connectivity index (χ1) is 8.69. The second kappa shape index (κ2) is 7.04. The van der Waals surface area contributed by atoms with E-state index in [0.29, 0.717) is 5.56 Å². The van der Waals surface area contributed by atoms with Gasteiger partial charge >= 0.3 is 11.8 Å². The van der Waals surface area contributed by atoms with Crippen molar-refractivity contribution in [2.75, 3.05) is 13.2 Å². The van der Waals surface area contributed by atoms with Crippen molar-refractivity contribution in [2.45, 2.75) is 6.04 Å². The highest BCUT2D eigenvalue weighted by atomic mass is 16.3. The average molecular weight is 247 g/mol. The minimum absolute atomic E-state index is 0.235. The topological polar surface area (TPSA) is 102 Å². The fourth-order valence-corrected chi connectivity index (χ4v) is 1.34. The van der Waals surface area contributed by atoms with Gasteiger partial charge in [0.25, 0.3) is 0 Å². The van der Waals surface area contributed by atoms with Gasteiger partial charge in [-0.1, -0.05) is 30.3 Å². The van der Waals surface area contributed by atoms with E-state index in [2.05, 4.69) is 10.6 Å².